The highest BCUT2D eigenvalue weighted by Crippen LogP contribution is 2.14. The molecule has 1 aromatic carbocycles. The number of carbonyl (C=O) groups excluding carboxylic acids is 1. The number of rotatable bonds is 6. The molecular weight excluding hydrogens is 276 g/mol. The van der Waals surface area contributed by atoms with E-state index in [9.17, 15) is 4.79 Å². The van der Waals surface area contributed by atoms with E-state index in [1.165, 1.54) is 19.3 Å². The second-order valence-corrected chi connectivity index (χ2v) is 4.94. The Morgan fingerprint density at radius 2 is 2.05 bits per heavy atom. The van der Waals surface area contributed by atoms with Gasteiger partial charge in [0, 0.05) is 11.6 Å². The van der Waals surface area contributed by atoms with Gasteiger partial charge in [-0.3, -0.25) is 4.79 Å². The lowest BCUT2D eigenvalue weighted by Crippen LogP contribution is -2.35. The van der Waals surface area contributed by atoms with Crippen LogP contribution in [0.25, 0.3) is 0 Å². The van der Waals surface area contributed by atoms with Crippen molar-refractivity contribution in [3.8, 4) is 5.75 Å². The summed E-state index contributed by atoms with van der Waals surface area (Å²) in [5.41, 5.74) is 5.96. The summed E-state index contributed by atoms with van der Waals surface area (Å²) in [7, 11) is 0. The summed E-state index contributed by atoms with van der Waals surface area (Å²) >= 11 is 0. The third-order valence-electron chi connectivity index (χ3n) is 3.51. The average Bonchev–Trinajstić information content (AvgIpc) is 2.48. The van der Waals surface area contributed by atoms with Crippen LogP contribution in [0.2, 0.25) is 0 Å². The molecule has 4 nitrogen and oxygen atoms in total. The van der Waals surface area contributed by atoms with E-state index in [1.807, 2.05) is 12.1 Å². The Kier molecular flexibility index (Phi) is 7.59. The highest BCUT2D eigenvalue weighted by atomic mass is 35.5. The number of ether oxygens (including phenoxy) is 1. The fourth-order valence-corrected chi connectivity index (χ4v) is 2.34. The number of carbonyl (C=O) groups is 1. The lowest BCUT2D eigenvalue weighted by molar-refractivity contribution is 0.100. The van der Waals surface area contributed by atoms with Crippen LogP contribution >= 0.6 is 12.4 Å². The molecule has 0 spiro atoms. The van der Waals surface area contributed by atoms with Crippen LogP contribution in [0.3, 0.4) is 0 Å². The van der Waals surface area contributed by atoms with Crippen molar-refractivity contribution >= 4 is 18.2 Å². The number of benzene rings is 1. The maximum Gasteiger partial charge on any atom is 0.176 e. The Bertz CT molecular complexity index is 403. The van der Waals surface area contributed by atoms with E-state index in [0.29, 0.717) is 18.2 Å². The van der Waals surface area contributed by atoms with Gasteiger partial charge >= 0.3 is 0 Å². The van der Waals surface area contributed by atoms with Gasteiger partial charge in [-0.25, -0.2) is 0 Å². The van der Waals surface area contributed by atoms with Crippen LogP contribution in [-0.2, 0) is 0 Å². The molecule has 1 unspecified atom stereocenters. The molecule has 0 aromatic heterocycles. The van der Waals surface area contributed by atoms with Crippen molar-refractivity contribution in [3.63, 3.8) is 0 Å². The molecule has 0 radical (unpaired) electrons. The van der Waals surface area contributed by atoms with E-state index in [2.05, 4.69) is 5.32 Å². The van der Waals surface area contributed by atoms with Crippen molar-refractivity contribution in [3.05, 3.63) is 29.8 Å². The van der Waals surface area contributed by atoms with Crippen molar-refractivity contribution in [2.24, 2.45) is 5.73 Å². The zero-order chi connectivity index (χ0) is 13.5. The van der Waals surface area contributed by atoms with Gasteiger partial charge in [0.05, 0.1) is 13.2 Å². The smallest absolute Gasteiger partial charge is 0.176 e. The minimum absolute atomic E-state index is 0. The Morgan fingerprint density at radius 1 is 1.30 bits per heavy atom. The minimum Gasteiger partial charge on any atom is -0.494 e. The van der Waals surface area contributed by atoms with E-state index >= 15 is 0 Å². The van der Waals surface area contributed by atoms with Crippen molar-refractivity contribution < 1.29 is 9.53 Å². The third kappa shape index (κ3) is 5.12. The molecule has 1 fully saturated rings. The van der Waals surface area contributed by atoms with Crippen LogP contribution in [-0.4, -0.2) is 31.5 Å². The monoisotopic (exact) mass is 298 g/mol. The van der Waals surface area contributed by atoms with E-state index in [0.717, 1.165) is 18.7 Å². The molecule has 0 bridgehead atoms. The maximum atomic E-state index is 11.4. The van der Waals surface area contributed by atoms with Crippen LogP contribution in [0.5, 0.6) is 5.75 Å². The Morgan fingerprint density at radius 3 is 2.65 bits per heavy atom. The molecule has 2 rings (SSSR count). The Labute approximate surface area is 126 Å². The molecule has 3 N–H and O–H groups in total. The summed E-state index contributed by atoms with van der Waals surface area (Å²) in [5, 5.41) is 3.50. The number of hydrogen-bond donors (Lipinski definition) is 2. The first-order valence-electron chi connectivity index (χ1n) is 6.99. The predicted octanol–water partition coefficient (Wildman–Crippen LogP) is 2.16. The fraction of sp³-hybridized carbons (Fsp3) is 0.533. The summed E-state index contributed by atoms with van der Waals surface area (Å²) < 4.78 is 5.69. The molecule has 1 saturated heterocycles. The standard InChI is InChI=1S/C15H22N2O2.ClH/c16-11-15(18)12-4-6-14(7-5-12)19-10-8-13-3-1-2-9-17-13;/h4-7,13,17H,1-3,8-11,16H2;1H. The summed E-state index contributed by atoms with van der Waals surface area (Å²) in [6, 6.07) is 7.79. The van der Waals surface area contributed by atoms with Crippen molar-refractivity contribution in [1.29, 1.82) is 0 Å². The van der Waals surface area contributed by atoms with Crippen molar-refractivity contribution in [1.82, 2.24) is 5.32 Å². The van der Waals surface area contributed by atoms with Crippen molar-refractivity contribution in [2.45, 2.75) is 31.7 Å². The Hall–Kier alpha value is -1.10. The van der Waals surface area contributed by atoms with E-state index in [-0.39, 0.29) is 24.7 Å². The van der Waals surface area contributed by atoms with Gasteiger partial charge in [0.15, 0.2) is 5.78 Å². The van der Waals surface area contributed by atoms with Crippen molar-refractivity contribution in [2.75, 3.05) is 19.7 Å². The van der Waals surface area contributed by atoms with E-state index in [1.54, 1.807) is 12.1 Å². The number of ketones is 1. The zero-order valence-corrected chi connectivity index (χ0v) is 12.5. The molecule has 1 heterocycles. The highest BCUT2D eigenvalue weighted by molar-refractivity contribution is 5.97. The fourth-order valence-electron chi connectivity index (χ4n) is 2.34. The highest BCUT2D eigenvalue weighted by Gasteiger charge is 2.12. The first kappa shape index (κ1) is 17.0. The first-order chi connectivity index (χ1) is 9.29. The topological polar surface area (TPSA) is 64.4 Å². The van der Waals surface area contributed by atoms with Gasteiger partial charge in [0.25, 0.3) is 0 Å². The first-order valence-corrected chi connectivity index (χ1v) is 6.99. The Balaban J connectivity index is 0.00000200. The number of nitrogens with two attached hydrogens (primary N) is 1. The van der Waals surface area contributed by atoms with Gasteiger partial charge in [0.1, 0.15) is 5.75 Å². The zero-order valence-electron chi connectivity index (χ0n) is 11.6. The molecule has 1 aliphatic heterocycles. The second kappa shape index (κ2) is 8.95. The predicted molar refractivity (Wildman–Crippen MR) is 82.8 cm³/mol. The second-order valence-electron chi connectivity index (χ2n) is 4.94. The van der Waals surface area contributed by atoms with Crippen LogP contribution < -0.4 is 15.8 Å². The number of Topliss-reactive ketones (excluding diaryl/α,β-unsaturated/α-hetero) is 1. The molecule has 5 heteroatoms. The number of halogens is 1. The summed E-state index contributed by atoms with van der Waals surface area (Å²) in [6.45, 7) is 1.88. The SMILES string of the molecule is Cl.NCC(=O)c1ccc(OCCC2CCCCN2)cc1. The summed E-state index contributed by atoms with van der Waals surface area (Å²) in [6.07, 6.45) is 4.87. The molecule has 112 valence electrons. The van der Waals surface area contributed by atoms with Crippen LogP contribution in [0.15, 0.2) is 24.3 Å². The van der Waals surface area contributed by atoms with Gasteiger partial charge in [-0.1, -0.05) is 6.42 Å². The molecule has 1 atom stereocenters. The third-order valence-corrected chi connectivity index (χ3v) is 3.51. The normalized spacial score (nSPS) is 18.1. The summed E-state index contributed by atoms with van der Waals surface area (Å²) in [4.78, 5) is 11.4. The van der Waals surface area contributed by atoms with Crippen LogP contribution in [0.4, 0.5) is 0 Å². The lowest BCUT2D eigenvalue weighted by Gasteiger charge is -2.23. The quantitative estimate of drug-likeness (QED) is 0.790. The van der Waals surface area contributed by atoms with Gasteiger partial charge in [-0.15, -0.1) is 12.4 Å². The minimum atomic E-state index is -0.0436. The maximum absolute atomic E-state index is 11.4. The molecule has 0 amide bonds. The van der Waals surface area contributed by atoms with Crippen LogP contribution in [0, 0.1) is 0 Å². The van der Waals surface area contributed by atoms with Gasteiger partial charge < -0.3 is 15.8 Å². The van der Waals surface area contributed by atoms with E-state index < -0.39 is 0 Å². The molecule has 0 aliphatic carbocycles. The molecule has 1 aromatic rings. The van der Waals surface area contributed by atoms with Gasteiger partial charge in [0.2, 0.25) is 0 Å². The van der Waals surface area contributed by atoms with Gasteiger partial charge in [-0.2, -0.15) is 0 Å². The molecule has 1 aliphatic rings. The lowest BCUT2D eigenvalue weighted by atomic mass is 10.0. The summed E-state index contributed by atoms with van der Waals surface area (Å²) in [5.74, 6) is 0.766. The van der Waals surface area contributed by atoms with Gasteiger partial charge in [-0.05, 0) is 50.1 Å². The number of hydrogen-bond acceptors (Lipinski definition) is 4. The van der Waals surface area contributed by atoms with Crippen LogP contribution in [0.1, 0.15) is 36.0 Å². The number of piperidine rings is 1. The average molecular weight is 299 g/mol. The van der Waals surface area contributed by atoms with E-state index in [4.69, 9.17) is 10.5 Å². The largest absolute Gasteiger partial charge is 0.494 e. The molecule has 20 heavy (non-hydrogen) atoms. The number of nitrogens with one attached hydrogen (secondary N) is 1. The molecule has 0 saturated carbocycles. The molecular formula is C15H23ClN2O2.